The fourth-order valence-electron chi connectivity index (χ4n) is 12.8. The highest BCUT2D eigenvalue weighted by Crippen LogP contribution is 2.62. The first-order valence-corrected chi connectivity index (χ1v) is 26.3. The van der Waals surface area contributed by atoms with Crippen molar-refractivity contribution in [1.82, 2.24) is 5.32 Å². The van der Waals surface area contributed by atoms with E-state index >= 15 is 0 Å². The number of fused-ring (bicyclic) bond motifs is 7. The van der Waals surface area contributed by atoms with Crippen LogP contribution in [0.2, 0.25) is 0 Å². The Bertz CT molecular complexity index is 3130. The molecule has 0 radical (unpaired) electrons. The van der Waals surface area contributed by atoms with Gasteiger partial charge in [-0.05, 0) is 158 Å². The Balaban J connectivity index is 1.25. The number of anilines is 8. The minimum absolute atomic E-state index is 0.0153. The molecule has 3 atom stereocenters. The topological polar surface area (TPSA) is 21.8 Å². The van der Waals surface area contributed by atoms with Crippen molar-refractivity contribution in [2.45, 2.75) is 161 Å². The first-order chi connectivity index (χ1) is 33.0. The molecule has 4 aliphatic heterocycles. The summed E-state index contributed by atoms with van der Waals surface area (Å²) < 4.78 is 0. The van der Waals surface area contributed by atoms with Crippen molar-refractivity contribution in [1.29, 1.82) is 0 Å². The van der Waals surface area contributed by atoms with E-state index in [1.807, 2.05) is 0 Å². The number of rotatable bonds is 4. The molecule has 70 heavy (non-hydrogen) atoms. The minimum atomic E-state index is -0.154. The normalized spacial score (nSPS) is 21.5. The number of nitrogens with zero attached hydrogens (tertiary/aromatic N) is 3. The first kappa shape index (κ1) is 46.4. The van der Waals surface area contributed by atoms with E-state index in [4.69, 9.17) is 0 Å². The van der Waals surface area contributed by atoms with E-state index < -0.39 is 0 Å². The van der Waals surface area contributed by atoms with Gasteiger partial charge in [-0.3, -0.25) is 0 Å². The number of hydrogen-bond donors (Lipinski definition) is 1. The minimum Gasteiger partial charge on any atom is -0.381 e. The highest BCUT2D eigenvalue weighted by molar-refractivity contribution is 7.00. The van der Waals surface area contributed by atoms with Gasteiger partial charge in [0.05, 0.1) is 11.6 Å². The van der Waals surface area contributed by atoms with Gasteiger partial charge < -0.3 is 20.0 Å². The number of allylic oxidation sites excluding steroid dienone is 2. The van der Waals surface area contributed by atoms with Crippen LogP contribution in [0.15, 0.2) is 140 Å². The van der Waals surface area contributed by atoms with Gasteiger partial charge in [0.25, 0.3) is 6.71 Å². The average molecular weight is 923 g/mol. The molecule has 3 unspecified atom stereocenters. The molecule has 358 valence electrons. The summed E-state index contributed by atoms with van der Waals surface area (Å²) >= 11 is 0. The van der Waals surface area contributed by atoms with Gasteiger partial charge in [0, 0.05) is 50.9 Å². The zero-order valence-electron chi connectivity index (χ0n) is 44.6. The van der Waals surface area contributed by atoms with Crippen LogP contribution in [-0.2, 0) is 27.1 Å². The summed E-state index contributed by atoms with van der Waals surface area (Å²) in [5.74, 6) is 0. The van der Waals surface area contributed by atoms with Crippen molar-refractivity contribution in [3.8, 4) is 0 Å². The maximum absolute atomic E-state index is 3.64. The molecule has 0 saturated heterocycles. The third kappa shape index (κ3) is 7.22. The van der Waals surface area contributed by atoms with Crippen LogP contribution in [0.25, 0.3) is 0 Å². The lowest BCUT2D eigenvalue weighted by molar-refractivity contribution is 0.195. The SMILES string of the molecule is CC(C)(C)c1ccc(N2c3ccc(C(C)(C)C)cc3B3c4ccc(C(C)(C)C)cc4N(c4cccc(C(C)(C)C)c4)c4cc(N5c6ccc(C7C=CC=CN7)cc6C6(C)CCCCC56C)cc2c43)cc1. The van der Waals surface area contributed by atoms with E-state index in [2.05, 4.69) is 257 Å². The molecule has 5 heteroatoms. The van der Waals surface area contributed by atoms with E-state index in [0.29, 0.717) is 0 Å². The van der Waals surface area contributed by atoms with Crippen molar-refractivity contribution < 1.29 is 0 Å². The summed E-state index contributed by atoms with van der Waals surface area (Å²) in [4.78, 5) is 8.10. The molecule has 0 amide bonds. The number of benzene rings is 6. The fourth-order valence-corrected chi connectivity index (χ4v) is 12.8. The maximum atomic E-state index is 3.64. The highest BCUT2D eigenvalue weighted by atomic mass is 15.3. The molecule has 1 N–H and O–H groups in total. The zero-order chi connectivity index (χ0) is 49.5. The van der Waals surface area contributed by atoms with Gasteiger partial charge in [-0.1, -0.05) is 176 Å². The molecule has 0 aromatic heterocycles. The third-order valence-electron chi connectivity index (χ3n) is 17.3. The predicted octanol–water partition coefficient (Wildman–Crippen LogP) is 15.4. The van der Waals surface area contributed by atoms with E-state index in [0.717, 1.165) is 12.8 Å². The van der Waals surface area contributed by atoms with E-state index in [9.17, 15) is 0 Å². The molecular weight excluding hydrogens is 848 g/mol. The lowest BCUT2D eigenvalue weighted by Crippen LogP contribution is -2.62. The molecular formula is C65H75BN4. The van der Waals surface area contributed by atoms with Crippen LogP contribution in [-0.4, -0.2) is 12.3 Å². The lowest BCUT2D eigenvalue weighted by atomic mass is 9.33. The molecule has 4 nitrogen and oxygen atoms in total. The average Bonchev–Trinajstić information content (AvgIpc) is 3.52. The highest BCUT2D eigenvalue weighted by Gasteiger charge is 2.58. The van der Waals surface area contributed by atoms with Crippen molar-refractivity contribution in [3.63, 3.8) is 0 Å². The molecule has 0 bridgehead atoms. The Labute approximate surface area is 421 Å². The van der Waals surface area contributed by atoms with Crippen LogP contribution in [0.3, 0.4) is 0 Å². The predicted molar refractivity (Wildman–Crippen MR) is 302 cm³/mol. The first-order valence-electron chi connectivity index (χ1n) is 26.3. The van der Waals surface area contributed by atoms with Gasteiger partial charge in [-0.25, -0.2) is 0 Å². The molecule has 6 aromatic rings. The Morgan fingerprint density at radius 2 is 1.10 bits per heavy atom. The Morgan fingerprint density at radius 3 is 1.76 bits per heavy atom. The smallest absolute Gasteiger partial charge is 0.252 e. The summed E-state index contributed by atoms with van der Waals surface area (Å²) in [6, 6.07) is 46.5. The van der Waals surface area contributed by atoms with Crippen LogP contribution in [0.5, 0.6) is 0 Å². The van der Waals surface area contributed by atoms with Crippen LogP contribution >= 0.6 is 0 Å². The van der Waals surface area contributed by atoms with Crippen LogP contribution in [0.4, 0.5) is 45.5 Å². The number of nitrogens with one attached hydrogen (secondary N) is 1. The van der Waals surface area contributed by atoms with Gasteiger partial charge >= 0.3 is 0 Å². The van der Waals surface area contributed by atoms with Gasteiger partial charge in [-0.2, -0.15) is 0 Å². The summed E-state index contributed by atoms with van der Waals surface area (Å²) in [7, 11) is 0. The van der Waals surface area contributed by atoms with Crippen molar-refractivity contribution in [2.24, 2.45) is 0 Å². The largest absolute Gasteiger partial charge is 0.381 e. The summed E-state index contributed by atoms with van der Waals surface area (Å²) in [5.41, 5.74) is 22.0. The van der Waals surface area contributed by atoms with Crippen molar-refractivity contribution in [2.75, 3.05) is 14.7 Å². The zero-order valence-corrected chi connectivity index (χ0v) is 44.6. The van der Waals surface area contributed by atoms with Crippen molar-refractivity contribution >= 4 is 68.6 Å². The Morgan fingerprint density at radius 1 is 0.500 bits per heavy atom. The van der Waals surface area contributed by atoms with Gasteiger partial charge in [0.2, 0.25) is 0 Å². The van der Waals surface area contributed by atoms with Crippen LogP contribution < -0.4 is 36.4 Å². The van der Waals surface area contributed by atoms with Crippen LogP contribution in [0.1, 0.15) is 162 Å². The third-order valence-corrected chi connectivity index (χ3v) is 17.3. The Hall–Kier alpha value is -5.94. The molecule has 6 aromatic carbocycles. The monoisotopic (exact) mass is 923 g/mol. The van der Waals surface area contributed by atoms with Crippen LogP contribution in [0, 0.1) is 0 Å². The molecule has 4 heterocycles. The fraction of sp³-hybridized carbons (Fsp3) is 0.385. The Kier molecular flexibility index (Phi) is 10.5. The number of dihydropyridines is 1. The number of hydrogen-bond acceptors (Lipinski definition) is 4. The second-order valence-corrected chi connectivity index (χ2v) is 26.0. The summed E-state index contributed by atoms with van der Waals surface area (Å²) in [5, 5.41) is 3.64. The second kappa shape index (κ2) is 15.8. The maximum Gasteiger partial charge on any atom is 0.252 e. The summed E-state index contributed by atoms with van der Waals surface area (Å²) in [6.45, 7) is 33.3. The molecule has 1 aliphatic carbocycles. The molecule has 5 aliphatic rings. The second-order valence-electron chi connectivity index (χ2n) is 26.0. The molecule has 11 rings (SSSR count). The quantitative estimate of drug-likeness (QED) is 0.178. The molecule has 1 fully saturated rings. The van der Waals surface area contributed by atoms with E-state index in [-0.39, 0.29) is 45.4 Å². The van der Waals surface area contributed by atoms with Gasteiger partial charge in [0.15, 0.2) is 0 Å². The van der Waals surface area contributed by atoms with E-state index in [1.165, 1.54) is 108 Å². The molecule has 0 spiro atoms. The van der Waals surface area contributed by atoms with E-state index in [1.54, 1.807) is 0 Å². The summed E-state index contributed by atoms with van der Waals surface area (Å²) in [6.07, 6.45) is 13.4. The van der Waals surface area contributed by atoms with Gasteiger partial charge in [0.1, 0.15) is 0 Å². The molecule has 1 saturated carbocycles. The lowest BCUT2D eigenvalue weighted by Gasteiger charge is -2.51. The van der Waals surface area contributed by atoms with Gasteiger partial charge in [-0.15, -0.1) is 0 Å². The van der Waals surface area contributed by atoms with Crippen molar-refractivity contribution in [3.05, 3.63) is 173 Å². The standard InChI is InChI=1S/C65H75BN4/c1-60(2,3)43-24-28-47(29-25-43)68-55-32-27-45(62(7,8)9)38-52(55)66-51-30-26-46(63(10,11)12)39-56(51)69(48-21-19-20-44(37-48)61(4,5)6)58-41-49(40-57(68)59(58)66)70-54-31-23-42(53-22-15-18-35-67-53)36-50(54)64(13)33-16-17-34-65(64,70)14/h15,18-32,35-41,53,67H,16-17,33-34H2,1-14H3.